The zero-order valence-electron chi connectivity index (χ0n) is 23.8. The van der Waals surface area contributed by atoms with E-state index in [1.54, 1.807) is 25.5 Å². The standard InChI is InChI=1S/2C10H9.C6H5.2C4H9.CH3.H2Si.Zr/c2*1-8-6-9-4-2-3-5-10(9)7-8;1-2-4-6-5-3-1;2*1-3-4-2;;;/h2*2-7H,1H3;1-5H;2*1,3-4H2,2H3;1H3;1H2;. The summed E-state index contributed by atoms with van der Waals surface area (Å²) in [7, 11) is 0. The van der Waals surface area contributed by atoms with Crippen molar-refractivity contribution in [1.82, 2.24) is 0 Å². The number of unbranched alkanes of at least 4 members (excludes halogenated alkanes) is 2. The third-order valence-electron chi connectivity index (χ3n) is 11.8. The first-order chi connectivity index (χ1) is 17.6. The molecule has 194 valence electrons. The molecule has 37 heavy (non-hydrogen) atoms. The topological polar surface area (TPSA) is 0 Å². The Labute approximate surface area is 221 Å². The van der Waals surface area contributed by atoms with Gasteiger partial charge in [0.1, 0.15) is 0 Å². The number of benzene rings is 3. The molecule has 0 amide bonds. The Kier molecular flexibility index (Phi) is 6.07. The van der Waals surface area contributed by atoms with Gasteiger partial charge in [-0.25, -0.2) is 0 Å². The Hall–Kier alpha value is -1.76. The fraction of sp³-hybridized carbons (Fsp3) is 0.371. The maximum absolute atomic E-state index is 5.28. The normalized spacial score (nSPS) is 21.6. The SMILES string of the molecule is CCC[CH2][Zr]([CH3])(=[SiH2])([CH2]CCC)([c]1ccccc1)([CH]1C(C)=Cc2ccccc21)[CH]1C(C)=Cc2ccccc21. The molecule has 0 spiro atoms. The van der Waals surface area contributed by atoms with Crippen LogP contribution in [0.2, 0.25) is 12.9 Å². The van der Waals surface area contributed by atoms with Crippen LogP contribution in [-0.2, 0) is 14.4 Å². The molecular weight excluding hydrogens is 540 g/mol. The van der Waals surface area contributed by atoms with Crippen LogP contribution < -0.4 is 3.27 Å². The fourth-order valence-electron chi connectivity index (χ4n) is 10.6. The Morgan fingerprint density at radius 3 is 1.46 bits per heavy atom. The number of fused-ring (bicyclic) bond motifs is 2. The van der Waals surface area contributed by atoms with Crippen LogP contribution in [0.5, 0.6) is 0 Å². The predicted octanol–water partition coefficient (Wildman–Crippen LogP) is 9.42. The molecule has 0 aliphatic heterocycles. The summed E-state index contributed by atoms with van der Waals surface area (Å²) >= 11 is -5.28. The Morgan fingerprint density at radius 1 is 0.622 bits per heavy atom. The van der Waals surface area contributed by atoms with Gasteiger partial charge in [0.2, 0.25) is 0 Å². The molecule has 3 aromatic carbocycles. The summed E-state index contributed by atoms with van der Waals surface area (Å²) < 4.78 is 8.21. The third-order valence-corrected chi connectivity index (χ3v) is 57.6. The molecule has 0 radical (unpaired) electrons. The summed E-state index contributed by atoms with van der Waals surface area (Å²) in [6.45, 7) is 12.3. The molecule has 0 saturated carbocycles. The van der Waals surface area contributed by atoms with Crippen LogP contribution in [0.3, 0.4) is 0 Å². The van der Waals surface area contributed by atoms with E-state index >= 15 is 0 Å². The zero-order valence-corrected chi connectivity index (χ0v) is 27.6. The van der Waals surface area contributed by atoms with Crippen molar-refractivity contribution in [2.75, 3.05) is 0 Å². The molecule has 5 rings (SSSR count). The molecule has 2 aliphatic rings. The van der Waals surface area contributed by atoms with Crippen molar-refractivity contribution in [1.29, 1.82) is 0 Å². The van der Waals surface area contributed by atoms with E-state index in [4.69, 9.17) is 0 Å². The molecule has 2 heteroatoms. The molecular formula is C35H46SiZr. The van der Waals surface area contributed by atoms with Crippen molar-refractivity contribution in [2.45, 2.75) is 73.5 Å². The van der Waals surface area contributed by atoms with Gasteiger partial charge >= 0.3 is 223 Å². The first kappa shape index (κ1) is 26.8. The van der Waals surface area contributed by atoms with E-state index in [2.05, 4.69) is 130 Å². The van der Waals surface area contributed by atoms with Crippen molar-refractivity contribution >= 4 is 22.3 Å². The fourth-order valence-corrected chi connectivity index (χ4v) is 59.0. The molecule has 0 aromatic heterocycles. The van der Waals surface area contributed by atoms with E-state index in [-0.39, 0.29) is 0 Å². The Bertz CT molecular complexity index is 1460. The number of allylic oxidation sites excluding steroid dienone is 2. The van der Waals surface area contributed by atoms with Crippen molar-refractivity contribution in [3.63, 3.8) is 0 Å². The quantitative estimate of drug-likeness (QED) is 0.219. The second-order valence-electron chi connectivity index (χ2n) is 14.3. The summed E-state index contributed by atoms with van der Waals surface area (Å²) in [5.74, 6) is 0. The third kappa shape index (κ3) is 3.28. The molecule has 2 atom stereocenters. The summed E-state index contributed by atoms with van der Waals surface area (Å²) in [4.78, 5) is 0. The molecule has 0 bridgehead atoms. The van der Waals surface area contributed by atoms with Crippen LogP contribution in [0.25, 0.3) is 12.2 Å². The van der Waals surface area contributed by atoms with Gasteiger partial charge in [-0.15, -0.1) is 0 Å². The molecule has 0 nitrogen and oxygen atoms in total. The van der Waals surface area contributed by atoms with E-state index in [0.29, 0.717) is 7.25 Å². The average Bonchev–Trinajstić information content (AvgIpc) is 3.45. The number of hydrogen-bond acceptors (Lipinski definition) is 0. The molecule has 0 N–H and O–H groups in total. The first-order valence-corrected chi connectivity index (χ1v) is 30.6. The zero-order chi connectivity index (χ0) is 26.4. The van der Waals surface area contributed by atoms with Crippen LogP contribution in [0.4, 0.5) is 0 Å². The first-order valence-electron chi connectivity index (χ1n) is 14.7. The van der Waals surface area contributed by atoms with Gasteiger partial charge in [-0.1, -0.05) is 0 Å². The van der Waals surface area contributed by atoms with E-state index in [1.807, 2.05) is 0 Å². The molecule has 2 aliphatic carbocycles. The summed E-state index contributed by atoms with van der Waals surface area (Å²) in [5, 5.41) is 0. The average molecular weight is 586 g/mol. The van der Waals surface area contributed by atoms with Crippen LogP contribution in [0.15, 0.2) is 90.0 Å². The van der Waals surface area contributed by atoms with Gasteiger partial charge in [-0.3, -0.25) is 0 Å². The van der Waals surface area contributed by atoms with E-state index in [0.717, 1.165) is 0 Å². The number of rotatable bonds is 9. The van der Waals surface area contributed by atoms with Crippen LogP contribution >= 0.6 is 0 Å². The molecule has 3 aromatic rings. The Balaban J connectivity index is 2.09. The molecule has 0 saturated heterocycles. The maximum atomic E-state index is 2.96. The van der Waals surface area contributed by atoms with Gasteiger partial charge < -0.3 is 0 Å². The summed E-state index contributed by atoms with van der Waals surface area (Å²) in [5.41, 5.74) is 9.26. The summed E-state index contributed by atoms with van der Waals surface area (Å²) in [6.07, 6.45) is 10.1. The minimum absolute atomic E-state index is 0.450. The van der Waals surface area contributed by atoms with E-state index in [9.17, 15) is 0 Å². The predicted molar refractivity (Wildman–Crippen MR) is 166 cm³/mol. The second-order valence-corrected chi connectivity index (χ2v) is 61.9. The molecule has 0 fully saturated rings. The Morgan fingerprint density at radius 2 is 1.03 bits per heavy atom. The van der Waals surface area contributed by atoms with Crippen molar-refractivity contribution in [3.8, 4) is 0 Å². The van der Waals surface area contributed by atoms with Crippen LogP contribution in [0, 0.1) is 0 Å². The van der Waals surface area contributed by atoms with Crippen LogP contribution in [0.1, 0.15) is 82.9 Å². The number of hydrogen-bond donors (Lipinski definition) is 0. The minimum atomic E-state index is -5.28. The van der Waals surface area contributed by atoms with Crippen molar-refractivity contribution in [2.24, 2.45) is 0 Å². The van der Waals surface area contributed by atoms with E-state index < -0.39 is 14.4 Å². The van der Waals surface area contributed by atoms with Gasteiger partial charge in [0, 0.05) is 0 Å². The van der Waals surface area contributed by atoms with Crippen molar-refractivity contribution in [3.05, 3.63) is 112 Å². The molecule has 0 heterocycles. The summed E-state index contributed by atoms with van der Waals surface area (Å²) in [6, 6.07) is 30.8. The monoisotopic (exact) mass is 584 g/mol. The van der Waals surface area contributed by atoms with Gasteiger partial charge in [0.05, 0.1) is 0 Å². The molecule has 2 unspecified atom stereocenters. The van der Waals surface area contributed by atoms with Gasteiger partial charge in [-0.2, -0.15) is 0 Å². The van der Waals surface area contributed by atoms with Gasteiger partial charge in [-0.05, 0) is 0 Å². The van der Waals surface area contributed by atoms with Crippen LogP contribution in [-0.4, -0.2) is 6.88 Å². The second kappa shape index (κ2) is 8.37. The van der Waals surface area contributed by atoms with E-state index in [1.165, 1.54) is 45.1 Å². The van der Waals surface area contributed by atoms with Gasteiger partial charge in [0.15, 0.2) is 0 Å². The van der Waals surface area contributed by atoms with Crippen molar-refractivity contribution < 1.29 is 14.4 Å². The van der Waals surface area contributed by atoms with Gasteiger partial charge in [0.25, 0.3) is 0 Å².